The fraction of sp³-hybridized carbons (Fsp3) is 0.160. The minimum absolute atomic E-state index is 0.00449. The lowest BCUT2D eigenvalue weighted by molar-refractivity contribution is -0.127. The summed E-state index contributed by atoms with van der Waals surface area (Å²) in [6, 6.07) is 14.0. The van der Waals surface area contributed by atoms with Crippen molar-refractivity contribution in [3.63, 3.8) is 0 Å². The molecule has 12 heteroatoms. The summed E-state index contributed by atoms with van der Waals surface area (Å²) in [4.78, 5) is 38.7. The number of hydrogen-bond donors (Lipinski definition) is 3. The number of benzene rings is 2. The molecule has 2 heterocycles. The SMILES string of the molecule is COc1ccccc1NC(=O)CN1C(=O)N/C(=C/c2cc(C)n(-c3ccc(S(N)(=O)=O)cc3)c2C)C1=O. The number of para-hydroxylation sites is 2. The van der Waals surface area contributed by atoms with Gasteiger partial charge in [-0.15, -0.1) is 0 Å². The lowest BCUT2D eigenvalue weighted by Crippen LogP contribution is -2.38. The van der Waals surface area contributed by atoms with Gasteiger partial charge < -0.3 is 19.9 Å². The van der Waals surface area contributed by atoms with Gasteiger partial charge in [-0.3, -0.25) is 9.59 Å². The van der Waals surface area contributed by atoms with E-state index in [4.69, 9.17) is 9.88 Å². The van der Waals surface area contributed by atoms with Crippen molar-refractivity contribution >= 4 is 39.6 Å². The summed E-state index contributed by atoms with van der Waals surface area (Å²) in [7, 11) is -2.35. The van der Waals surface area contributed by atoms with Crippen LogP contribution in [0.1, 0.15) is 17.0 Å². The zero-order valence-electron chi connectivity index (χ0n) is 20.3. The molecule has 3 aromatic rings. The van der Waals surface area contributed by atoms with E-state index in [9.17, 15) is 22.8 Å². The van der Waals surface area contributed by atoms with Gasteiger partial charge in [-0.05, 0) is 68.0 Å². The third-order valence-corrected chi connectivity index (χ3v) is 6.77. The van der Waals surface area contributed by atoms with Crippen molar-refractivity contribution in [2.75, 3.05) is 19.0 Å². The number of carbonyl (C=O) groups excluding carboxylic acids is 3. The molecule has 1 aromatic heterocycles. The highest BCUT2D eigenvalue weighted by Gasteiger charge is 2.35. The zero-order chi connectivity index (χ0) is 26.9. The number of nitrogens with one attached hydrogen (secondary N) is 2. The molecule has 0 unspecified atom stereocenters. The molecule has 0 saturated carbocycles. The number of sulfonamides is 1. The first-order valence-electron chi connectivity index (χ1n) is 11.1. The summed E-state index contributed by atoms with van der Waals surface area (Å²) >= 11 is 0. The molecule has 1 aliphatic rings. The third kappa shape index (κ3) is 5.25. The maximum Gasteiger partial charge on any atom is 0.329 e. The molecule has 192 valence electrons. The number of primary sulfonamides is 1. The number of aryl methyl sites for hydroxylation is 1. The van der Waals surface area contributed by atoms with Crippen LogP contribution in [0.2, 0.25) is 0 Å². The molecule has 0 spiro atoms. The molecule has 1 saturated heterocycles. The normalized spacial score (nSPS) is 14.7. The highest BCUT2D eigenvalue weighted by atomic mass is 32.2. The Bertz CT molecular complexity index is 1540. The molecular weight excluding hydrogens is 498 g/mol. The molecular formula is C25H25N5O6S. The van der Waals surface area contributed by atoms with Crippen LogP contribution < -0.4 is 20.5 Å². The first kappa shape index (κ1) is 25.7. The van der Waals surface area contributed by atoms with E-state index in [-0.39, 0.29) is 10.6 Å². The van der Waals surface area contributed by atoms with E-state index in [2.05, 4.69) is 10.6 Å². The number of ether oxygens (including phenoxy) is 1. The Morgan fingerprint density at radius 2 is 1.78 bits per heavy atom. The number of nitrogens with zero attached hydrogens (tertiary/aromatic N) is 2. The third-order valence-electron chi connectivity index (χ3n) is 5.84. The first-order valence-corrected chi connectivity index (χ1v) is 12.6. The van der Waals surface area contributed by atoms with E-state index in [0.29, 0.717) is 22.7 Å². The number of imide groups is 1. The van der Waals surface area contributed by atoms with Crippen molar-refractivity contribution in [3.05, 3.63) is 77.2 Å². The Hall–Kier alpha value is -4.42. The Morgan fingerprint density at radius 1 is 1.11 bits per heavy atom. The predicted molar refractivity (Wildman–Crippen MR) is 136 cm³/mol. The lowest BCUT2D eigenvalue weighted by atomic mass is 10.2. The summed E-state index contributed by atoms with van der Waals surface area (Å²) < 4.78 is 30.2. The Labute approximate surface area is 213 Å². The van der Waals surface area contributed by atoms with E-state index >= 15 is 0 Å². The molecule has 4 N–H and O–H groups in total. The standard InChI is InChI=1S/C25H25N5O6S/c1-15-12-17(16(2)30(15)18-8-10-19(11-9-18)37(26,34)35)13-21-24(32)29(25(33)28-21)14-23(31)27-20-6-4-5-7-22(20)36-3/h4-13H,14H2,1-3H3,(H,27,31)(H,28,33)(H2,26,34,35)/b21-13+. The van der Waals surface area contributed by atoms with E-state index < -0.39 is 34.4 Å². The van der Waals surface area contributed by atoms with Gasteiger partial charge in [0.25, 0.3) is 5.91 Å². The van der Waals surface area contributed by atoms with Gasteiger partial charge in [0.15, 0.2) is 0 Å². The van der Waals surface area contributed by atoms with Crippen LogP contribution in [0.4, 0.5) is 10.5 Å². The van der Waals surface area contributed by atoms with E-state index in [0.717, 1.165) is 16.3 Å². The van der Waals surface area contributed by atoms with Crippen molar-refractivity contribution in [3.8, 4) is 11.4 Å². The largest absolute Gasteiger partial charge is 0.495 e. The molecule has 1 aliphatic heterocycles. The van der Waals surface area contributed by atoms with Crippen LogP contribution in [0.25, 0.3) is 11.8 Å². The smallest absolute Gasteiger partial charge is 0.329 e. The van der Waals surface area contributed by atoms with Crippen LogP contribution >= 0.6 is 0 Å². The first-order chi connectivity index (χ1) is 17.5. The molecule has 37 heavy (non-hydrogen) atoms. The van der Waals surface area contributed by atoms with Crippen molar-refractivity contribution in [1.82, 2.24) is 14.8 Å². The number of aromatic nitrogens is 1. The van der Waals surface area contributed by atoms with Gasteiger partial charge in [0.05, 0.1) is 17.7 Å². The summed E-state index contributed by atoms with van der Waals surface area (Å²) in [6.45, 7) is 3.20. The van der Waals surface area contributed by atoms with Crippen LogP contribution in [0.3, 0.4) is 0 Å². The van der Waals surface area contributed by atoms with Gasteiger partial charge in [0.1, 0.15) is 18.0 Å². The second-order valence-corrected chi connectivity index (χ2v) is 9.89. The average Bonchev–Trinajstić information content (AvgIpc) is 3.27. The summed E-state index contributed by atoms with van der Waals surface area (Å²) in [5.74, 6) is -0.749. The maximum absolute atomic E-state index is 12.9. The number of amides is 4. The fourth-order valence-corrected chi connectivity index (χ4v) is 4.58. The van der Waals surface area contributed by atoms with E-state index in [1.807, 2.05) is 24.5 Å². The number of hydrogen-bond acceptors (Lipinski definition) is 6. The minimum Gasteiger partial charge on any atom is -0.495 e. The van der Waals surface area contributed by atoms with Gasteiger partial charge in [0.2, 0.25) is 15.9 Å². The van der Waals surface area contributed by atoms with E-state index in [1.54, 1.807) is 36.4 Å². The Balaban J connectivity index is 1.54. The van der Waals surface area contributed by atoms with Crippen LogP contribution in [0.5, 0.6) is 5.75 Å². The number of anilines is 1. The summed E-state index contributed by atoms with van der Waals surface area (Å²) in [6.07, 6.45) is 1.54. The van der Waals surface area contributed by atoms with Crippen molar-refractivity contribution in [1.29, 1.82) is 0 Å². The highest BCUT2D eigenvalue weighted by molar-refractivity contribution is 7.89. The number of carbonyl (C=O) groups is 3. The topological polar surface area (TPSA) is 153 Å². The predicted octanol–water partition coefficient (Wildman–Crippen LogP) is 2.28. The molecule has 4 rings (SSSR count). The van der Waals surface area contributed by atoms with Crippen LogP contribution in [-0.4, -0.2) is 49.4 Å². The molecule has 4 amide bonds. The minimum atomic E-state index is -3.82. The van der Waals surface area contributed by atoms with E-state index in [1.165, 1.54) is 25.3 Å². The second kappa shape index (κ2) is 9.91. The Morgan fingerprint density at radius 3 is 2.43 bits per heavy atom. The van der Waals surface area contributed by atoms with Gasteiger partial charge in [-0.25, -0.2) is 23.3 Å². The second-order valence-electron chi connectivity index (χ2n) is 8.33. The fourth-order valence-electron chi connectivity index (χ4n) is 4.07. The summed E-state index contributed by atoms with van der Waals surface area (Å²) in [5, 5.41) is 10.3. The number of urea groups is 1. The van der Waals surface area contributed by atoms with Crippen molar-refractivity contribution in [2.45, 2.75) is 18.7 Å². The van der Waals surface area contributed by atoms with Crippen LogP contribution in [0, 0.1) is 13.8 Å². The molecule has 0 radical (unpaired) electrons. The van der Waals surface area contributed by atoms with Gasteiger partial charge in [0, 0.05) is 17.1 Å². The molecule has 1 fully saturated rings. The van der Waals surface area contributed by atoms with Gasteiger partial charge in [-0.2, -0.15) is 0 Å². The maximum atomic E-state index is 12.9. The quantitative estimate of drug-likeness (QED) is 0.319. The average molecular weight is 524 g/mol. The molecule has 0 atom stereocenters. The molecule has 2 aromatic carbocycles. The monoisotopic (exact) mass is 523 g/mol. The van der Waals surface area contributed by atoms with Crippen molar-refractivity contribution in [2.24, 2.45) is 5.14 Å². The molecule has 0 bridgehead atoms. The highest BCUT2D eigenvalue weighted by Crippen LogP contribution is 2.25. The van der Waals surface area contributed by atoms with Crippen LogP contribution in [0.15, 0.2) is 65.2 Å². The lowest BCUT2D eigenvalue weighted by Gasteiger charge is -2.13. The summed E-state index contributed by atoms with van der Waals surface area (Å²) in [5.41, 5.74) is 3.38. The molecule has 11 nitrogen and oxygen atoms in total. The van der Waals surface area contributed by atoms with Gasteiger partial charge >= 0.3 is 6.03 Å². The number of rotatable bonds is 7. The zero-order valence-corrected chi connectivity index (χ0v) is 21.1. The van der Waals surface area contributed by atoms with Crippen LogP contribution in [-0.2, 0) is 19.6 Å². The number of nitrogens with two attached hydrogens (primary N) is 1. The Kier molecular flexibility index (Phi) is 6.88. The number of methoxy groups -OCH3 is 1. The van der Waals surface area contributed by atoms with Crippen molar-refractivity contribution < 1.29 is 27.5 Å². The molecule has 0 aliphatic carbocycles. The van der Waals surface area contributed by atoms with Gasteiger partial charge in [-0.1, -0.05) is 12.1 Å².